The molecule has 17 heavy (non-hydrogen) atoms. The van der Waals surface area contributed by atoms with Crippen LogP contribution in [0.4, 0.5) is 0 Å². The fourth-order valence-electron chi connectivity index (χ4n) is 1.88. The largest absolute Gasteiger partial charge is 0.497 e. The van der Waals surface area contributed by atoms with Crippen LogP contribution in [-0.2, 0) is 5.54 Å². The van der Waals surface area contributed by atoms with Crippen LogP contribution in [0.3, 0.4) is 0 Å². The number of rotatable bonds is 3. The summed E-state index contributed by atoms with van der Waals surface area (Å²) in [7, 11) is 1.66. The first-order valence-electron chi connectivity index (χ1n) is 5.70. The molecular weight excluding hydrogens is 214 g/mol. The fourth-order valence-corrected chi connectivity index (χ4v) is 1.88. The number of methoxy groups -OCH3 is 1. The fraction of sp³-hybridized carbons (Fsp3) is 0.308. The van der Waals surface area contributed by atoms with Crippen molar-refractivity contribution in [2.75, 3.05) is 7.11 Å². The van der Waals surface area contributed by atoms with Crippen molar-refractivity contribution in [3.63, 3.8) is 0 Å². The van der Waals surface area contributed by atoms with Gasteiger partial charge in [-0.15, -0.1) is 0 Å². The first-order valence-corrected chi connectivity index (χ1v) is 5.70. The summed E-state index contributed by atoms with van der Waals surface area (Å²) in [5.74, 6) is 1.72. The molecule has 1 heterocycles. The van der Waals surface area contributed by atoms with Gasteiger partial charge in [0.2, 0.25) is 0 Å². The minimum Gasteiger partial charge on any atom is -0.497 e. The number of H-pyrrole nitrogens is 1. The van der Waals surface area contributed by atoms with E-state index in [1.807, 2.05) is 30.5 Å². The Balaban J connectivity index is 1.95. The van der Waals surface area contributed by atoms with Crippen molar-refractivity contribution in [2.24, 2.45) is 5.73 Å². The van der Waals surface area contributed by atoms with E-state index < -0.39 is 0 Å². The number of nitrogens with one attached hydrogen (secondary N) is 1. The molecule has 88 valence electrons. The van der Waals surface area contributed by atoms with Gasteiger partial charge < -0.3 is 15.5 Å². The summed E-state index contributed by atoms with van der Waals surface area (Å²) in [4.78, 5) is 7.65. The maximum Gasteiger partial charge on any atom is 0.126 e. The van der Waals surface area contributed by atoms with Crippen LogP contribution in [0.5, 0.6) is 5.75 Å². The first-order chi connectivity index (χ1) is 8.21. The number of imidazole rings is 1. The van der Waals surface area contributed by atoms with E-state index in [0.29, 0.717) is 0 Å². The highest BCUT2D eigenvalue weighted by Crippen LogP contribution is 2.41. The van der Waals surface area contributed by atoms with Gasteiger partial charge >= 0.3 is 0 Å². The standard InChI is InChI=1S/C13H15N3O/c1-17-10-4-2-3-9(7-10)11-8-15-12(16-11)13(14)5-6-13/h2-4,7-8H,5-6,14H2,1H3,(H,15,16). The molecule has 4 heteroatoms. The number of hydrogen-bond acceptors (Lipinski definition) is 3. The Bertz CT molecular complexity index is 543. The average molecular weight is 229 g/mol. The van der Waals surface area contributed by atoms with Gasteiger partial charge in [-0.05, 0) is 25.0 Å². The zero-order valence-electron chi connectivity index (χ0n) is 9.73. The molecule has 1 aromatic carbocycles. The second-order valence-corrected chi connectivity index (χ2v) is 4.53. The van der Waals surface area contributed by atoms with E-state index in [9.17, 15) is 0 Å². The van der Waals surface area contributed by atoms with E-state index in [4.69, 9.17) is 10.5 Å². The molecule has 3 rings (SSSR count). The molecule has 0 spiro atoms. The second-order valence-electron chi connectivity index (χ2n) is 4.53. The molecule has 0 radical (unpaired) electrons. The molecule has 0 atom stereocenters. The van der Waals surface area contributed by atoms with Gasteiger partial charge in [0, 0.05) is 5.56 Å². The van der Waals surface area contributed by atoms with Gasteiger partial charge in [-0.25, -0.2) is 4.98 Å². The van der Waals surface area contributed by atoms with Gasteiger partial charge in [-0.2, -0.15) is 0 Å². The van der Waals surface area contributed by atoms with Crippen LogP contribution in [0.2, 0.25) is 0 Å². The molecular formula is C13H15N3O. The van der Waals surface area contributed by atoms with Gasteiger partial charge in [0.05, 0.1) is 24.5 Å². The number of benzene rings is 1. The van der Waals surface area contributed by atoms with Crippen molar-refractivity contribution in [3.05, 3.63) is 36.3 Å². The number of nitrogens with zero attached hydrogens (tertiary/aromatic N) is 1. The third kappa shape index (κ3) is 1.80. The SMILES string of the molecule is COc1cccc(-c2cnc(C3(N)CC3)[nH]2)c1. The van der Waals surface area contributed by atoms with Crippen LogP contribution >= 0.6 is 0 Å². The molecule has 0 saturated heterocycles. The Morgan fingerprint density at radius 3 is 2.94 bits per heavy atom. The molecule has 3 N–H and O–H groups in total. The van der Waals surface area contributed by atoms with Crippen LogP contribution in [0, 0.1) is 0 Å². The van der Waals surface area contributed by atoms with Crippen molar-refractivity contribution in [1.29, 1.82) is 0 Å². The maximum absolute atomic E-state index is 6.10. The number of hydrogen-bond donors (Lipinski definition) is 2. The average Bonchev–Trinajstić information content (AvgIpc) is 2.94. The Kier molecular flexibility index (Phi) is 2.19. The second kappa shape index (κ2) is 3.60. The summed E-state index contributed by atoms with van der Waals surface area (Å²) in [5, 5.41) is 0. The molecule has 0 bridgehead atoms. The summed E-state index contributed by atoms with van der Waals surface area (Å²) < 4.78 is 5.20. The summed E-state index contributed by atoms with van der Waals surface area (Å²) in [6.07, 6.45) is 3.85. The van der Waals surface area contributed by atoms with Gasteiger partial charge in [-0.1, -0.05) is 12.1 Å². The highest BCUT2D eigenvalue weighted by atomic mass is 16.5. The third-order valence-corrected chi connectivity index (χ3v) is 3.22. The van der Waals surface area contributed by atoms with Crippen molar-refractivity contribution in [1.82, 2.24) is 9.97 Å². The lowest BCUT2D eigenvalue weighted by Crippen LogP contribution is -2.20. The van der Waals surface area contributed by atoms with Crippen LogP contribution in [0.1, 0.15) is 18.7 Å². The van der Waals surface area contributed by atoms with Crippen LogP contribution in [0.25, 0.3) is 11.3 Å². The molecule has 2 aromatic rings. The first kappa shape index (κ1) is 10.4. The van der Waals surface area contributed by atoms with Gasteiger partial charge in [0.15, 0.2) is 0 Å². The zero-order valence-corrected chi connectivity index (χ0v) is 9.73. The lowest BCUT2D eigenvalue weighted by Gasteiger charge is -2.04. The highest BCUT2D eigenvalue weighted by Gasteiger charge is 2.42. The molecule has 1 aliphatic rings. The molecule has 1 aromatic heterocycles. The summed E-state index contributed by atoms with van der Waals surface area (Å²) in [5.41, 5.74) is 7.93. The summed E-state index contributed by atoms with van der Waals surface area (Å²) in [6.45, 7) is 0. The summed E-state index contributed by atoms with van der Waals surface area (Å²) in [6, 6.07) is 7.89. The highest BCUT2D eigenvalue weighted by molar-refractivity contribution is 5.60. The molecule has 0 unspecified atom stereocenters. The molecule has 0 aliphatic heterocycles. The smallest absolute Gasteiger partial charge is 0.126 e. The molecule has 4 nitrogen and oxygen atoms in total. The van der Waals surface area contributed by atoms with Crippen LogP contribution < -0.4 is 10.5 Å². The van der Waals surface area contributed by atoms with E-state index >= 15 is 0 Å². The van der Waals surface area contributed by atoms with E-state index in [0.717, 1.165) is 35.7 Å². The Morgan fingerprint density at radius 1 is 1.41 bits per heavy atom. The van der Waals surface area contributed by atoms with Crippen LogP contribution in [0.15, 0.2) is 30.5 Å². The number of aromatic nitrogens is 2. The minimum absolute atomic E-state index is 0.211. The van der Waals surface area contributed by atoms with Crippen molar-refractivity contribution < 1.29 is 4.74 Å². The predicted octanol–water partition coefficient (Wildman–Crippen LogP) is 2.03. The number of aromatic amines is 1. The number of ether oxygens (including phenoxy) is 1. The molecule has 1 fully saturated rings. The quantitative estimate of drug-likeness (QED) is 0.846. The minimum atomic E-state index is -0.211. The zero-order chi connectivity index (χ0) is 11.9. The van der Waals surface area contributed by atoms with E-state index in [2.05, 4.69) is 9.97 Å². The Morgan fingerprint density at radius 2 is 2.24 bits per heavy atom. The lowest BCUT2D eigenvalue weighted by atomic mass is 10.1. The Labute approximate surface area is 99.8 Å². The van der Waals surface area contributed by atoms with Crippen molar-refractivity contribution in [3.8, 4) is 17.0 Å². The van der Waals surface area contributed by atoms with Crippen molar-refractivity contribution in [2.45, 2.75) is 18.4 Å². The van der Waals surface area contributed by atoms with Gasteiger partial charge in [0.25, 0.3) is 0 Å². The van der Waals surface area contributed by atoms with Crippen LogP contribution in [-0.4, -0.2) is 17.1 Å². The number of nitrogens with two attached hydrogens (primary N) is 1. The summed E-state index contributed by atoms with van der Waals surface area (Å²) >= 11 is 0. The van der Waals surface area contributed by atoms with E-state index in [-0.39, 0.29) is 5.54 Å². The molecule has 0 amide bonds. The molecule has 1 aliphatic carbocycles. The van der Waals surface area contributed by atoms with Gasteiger partial charge in [0.1, 0.15) is 11.6 Å². The predicted molar refractivity (Wildman–Crippen MR) is 65.7 cm³/mol. The molecule has 1 saturated carbocycles. The third-order valence-electron chi connectivity index (χ3n) is 3.22. The van der Waals surface area contributed by atoms with E-state index in [1.54, 1.807) is 7.11 Å². The Hall–Kier alpha value is -1.81. The topological polar surface area (TPSA) is 63.9 Å². The van der Waals surface area contributed by atoms with E-state index in [1.165, 1.54) is 0 Å². The van der Waals surface area contributed by atoms with Gasteiger partial charge in [-0.3, -0.25) is 0 Å². The lowest BCUT2D eigenvalue weighted by molar-refractivity contribution is 0.415. The monoisotopic (exact) mass is 229 g/mol. The normalized spacial score (nSPS) is 16.8. The maximum atomic E-state index is 6.10. The van der Waals surface area contributed by atoms with Crippen molar-refractivity contribution >= 4 is 0 Å².